The number of rotatable bonds is 4. The number of hydrogen-bond acceptors (Lipinski definition) is 4. The van der Waals surface area contributed by atoms with Gasteiger partial charge in [-0.1, -0.05) is 13.8 Å². The van der Waals surface area contributed by atoms with Crippen LogP contribution in [-0.4, -0.2) is 20.4 Å². The summed E-state index contributed by atoms with van der Waals surface area (Å²) in [7, 11) is -3.72. The van der Waals surface area contributed by atoms with Crippen molar-refractivity contribution in [1.29, 1.82) is 0 Å². The molecule has 18 heavy (non-hydrogen) atoms. The van der Waals surface area contributed by atoms with Crippen LogP contribution in [0, 0.1) is 5.92 Å². The Hall–Kier alpha value is -1.44. The fraction of sp³-hybridized carbons (Fsp3) is 0.364. The Labute approximate surface area is 106 Å². The van der Waals surface area contributed by atoms with Crippen LogP contribution < -0.4 is 16.2 Å². The van der Waals surface area contributed by atoms with Crippen LogP contribution in [0.3, 0.4) is 0 Å². The normalized spacial score (nSPS) is 13.4. The highest BCUT2D eigenvalue weighted by molar-refractivity contribution is 7.89. The molecule has 0 heterocycles. The third kappa shape index (κ3) is 3.80. The van der Waals surface area contributed by atoms with Gasteiger partial charge in [-0.15, -0.1) is 0 Å². The van der Waals surface area contributed by atoms with Crippen molar-refractivity contribution in [1.82, 2.24) is 0 Å². The Morgan fingerprint density at radius 3 is 2.11 bits per heavy atom. The van der Waals surface area contributed by atoms with Crippen LogP contribution in [0.15, 0.2) is 29.2 Å². The van der Waals surface area contributed by atoms with E-state index in [1.165, 1.54) is 24.3 Å². The Kier molecular flexibility index (Phi) is 4.44. The van der Waals surface area contributed by atoms with Crippen LogP contribution in [0.1, 0.15) is 13.8 Å². The van der Waals surface area contributed by atoms with Crippen LogP contribution in [0.25, 0.3) is 0 Å². The number of nitrogens with one attached hydrogen (secondary N) is 1. The minimum Gasteiger partial charge on any atom is -0.325 e. The maximum absolute atomic E-state index is 11.7. The molecule has 0 aliphatic rings. The summed E-state index contributed by atoms with van der Waals surface area (Å²) in [6.45, 7) is 3.68. The second-order valence-electron chi connectivity index (χ2n) is 4.33. The van der Waals surface area contributed by atoms with Gasteiger partial charge in [0.15, 0.2) is 0 Å². The van der Waals surface area contributed by atoms with Gasteiger partial charge in [-0.05, 0) is 30.2 Å². The highest BCUT2D eigenvalue weighted by Crippen LogP contribution is 2.13. The van der Waals surface area contributed by atoms with Gasteiger partial charge in [-0.25, -0.2) is 13.6 Å². The number of hydrogen-bond donors (Lipinski definition) is 3. The molecule has 1 unspecified atom stereocenters. The average molecular weight is 271 g/mol. The molecule has 0 fully saturated rings. The Morgan fingerprint density at radius 2 is 1.72 bits per heavy atom. The van der Waals surface area contributed by atoms with E-state index in [9.17, 15) is 13.2 Å². The molecule has 0 radical (unpaired) electrons. The van der Waals surface area contributed by atoms with Crippen molar-refractivity contribution in [3.63, 3.8) is 0 Å². The van der Waals surface area contributed by atoms with Crippen molar-refractivity contribution in [2.24, 2.45) is 16.8 Å². The van der Waals surface area contributed by atoms with Gasteiger partial charge >= 0.3 is 0 Å². The van der Waals surface area contributed by atoms with Crippen molar-refractivity contribution in [2.45, 2.75) is 24.8 Å². The van der Waals surface area contributed by atoms with Gasteiger partial charge in [-0.3, -0.25) is 4.79 Å². The van der Waals surface area contributed by atoms with Gasteiger partial charge in [0, 0.05) is 5.69 Å². The largest absolute Gasteiger partial charge is 0.325 e. The lowest BCUT2D eigenvalue weighted by Gasteiger charge is -2.15. The van der Waals surface area contributed by atoms with E-state index in [0.29, 0.717) is 5.69 Å². The summed E-state index contributed by atoms with van der Waals surface area (Å²) in [5.74, 6) is -0.290. The third-order valence-electron chi connectivity index (χ3n) is 2.47. The second kappa shape index (κ2) is 5.47. The SMILES string of the molecule is CC(C)C(N)C(=O)Nc1ccc(S(N)(=O)=O)cc1. The molecule has 0 spiro atoms. The van der Waals surface area contributed by atoms with Gasteiger partial charge in [0.1, 0.15) is 0 Å². The number of sulfonamides is 1. The predicted molar refractivity (Wildman–Crippen MR) is 69.3 cm³/mol. The first-order valence-corrected chi connectivity index (χ1v) is 6.96. The molecule has 1 aromatic carbocycles. The zero-order valence-corrected chi connectivity index (χ0v) is 11.1. The number of primary sulfonamides is 1. The van der Waals surface area contributed by atoms with E-state index >= 15 is 0 Å². The minimum absolute atomic E-state index is 0.00587. The van der Waals surface area contributed by atoms with Gasteiger partial charge in [-0.2, -0.15) is 0 Å². The molecule has 0 saturated heterocycles. The van der Waals surface area contributed by atoms with Crippen LogP contribution in [0.2, 0.25) is 0 Å². The Morgan fingerprint density at radius 1 is 1.22 bits per heavy atom. The standard InChI is InChI=1S/C11H17N3O3S/c1-7(2)10(12)11(15)14-8-3-5-9(6-4-8)18(13,16)17/h3-7,10H,12H2,1-2H3,(H,14,15)(H2,13,16,17). The minimum atomic E-state index is -3.72. The number of benzene rings is 1. The molecule has 1 amide bonds. The van der Waals surface area contributed by atoms with Crippen molar-refractivity contribution in [2.75, 3.05) is 5.32 Å². The number of amides is 1. The monoisotopic (exact) mass is 271 g/mol. The molecule has 5 N–H and O–H groups in total. The molecular weight excluding hydrogens is 254 g/mol. The summed E-state index contributed by atoms with van der Waals surface area (Å²) < 4.78 is 22.1. The van der Waals surface area contributed by atoms with Crippen LogP contribution in [-0.2, 0) is 14.8 Å². The first-order valence-electron chi connectivity index (χ1n) is 5.41. The first-order chi connectivity index (χ1) is 8.21. The Bertz CT molecular complexity index is 523. The van der Waals surface area contributed by atoms with Crippen molar-refractivity contribution < 1.29 is 13.2 Å². The summed E-state index contributed by atoms with van der Waals surface area (Å²) in [5.41, 5.74) is 6.15. The third-order valence-corrected chi connectivity index (χ3v) is 3.40. The topological polar surface area (TPSA) is 115 Å². The Balaban J connectivity index is 2.79. The van der Waals surface area contributed by atoms with Crippen molar-refractivity contribution in [3.8, 4) is 0 Å². The fourth-order valence-corrected chi connectivity index (χ4v) is 1.77. The summed E-state index contributed by atoms with van der Waals surface area (Å²) in [4.78, 5) is 11.7. The van der Waals surface area contributed by atoms with Crippen LogP contribution in [0.5, 0.6) is 0 Å². The van der Waals surface area contributed by atoms with Gasteiger partial charge in [0.2, 0.25) is 15.9 Å². The zero-order valence-electron chi connectivity index (χ0n) is 10.3. The van der Waals surface area contributed by atoms with E-state index < -0.39 is 16.1 Å². The number of nitrogens with two attached hydrogens (primary N) is 2. The molecule has 0 saturated carbocycles. The molecular formula is C11H17N3O3S. The smallest absolute Gasteiger partial charge is 0.241 e. The average Bonchev–Trinajstić information content (AvgIpc) is 2.27. The maximum atomic E-state index is 11.7. The first kappa shape index (κ1) is 14.6. The molecule has 1 atom stereocenters. The lowest BCUT2D eigenvalue weighted by atomic mass is 10.1. The van der Waals surface area contributed by atoms with Gasteiger partial charge in [0.05, 0.1) is 10.9 Å². The van der Waals surface area contributed by atoms with Gasteiger partial charge in [0.25, 0.3) is 0 Å². The molecule has 1 aromatic rings. The summed E-state index contributed by atoms with van der Waals surface area (Å²) in [6, 6.07) is 4.97. The van der Waals surface area contributed by atoms with Crippen molar-refractivity contribution >= 4 is 21.6 Å². The number of carbonyl (C=O) groups excluding carboxylic acids is 1. The van der Waals surface area contributed by atoms with E-state index in [-0.39, 0.29) is 16.7 Å². The molecule has 7 heteroatoms. The molecule has 6 nitrogen and oxygen atoms in total. The van der Waals surface area contributed by atoms with E-state index in [0.717, 1.165) is 0 Å². The van der Waals surface area contributed by atoms with Crippen molar-refractivity contribution in [3.05, 3.63) is 24.3 Å². The van der Waals surface area contributed by atoms with Crippen LogP contribution in [0.4, 0.5) is 5.69 Å². The number of carbonyl (C=O) groups is 1. The van der Waals surface area contributed by atoms with E-state index in [1.54, 1.807) is 0 Å². The lowest BCUT2D eigenvalue weighted by Crippen LogP contribution is -2.39. The fourth-order valence-electron chi connectivity index (χ4n) is 1.26. The summed E-state index contributed by atoms with van der Waals surface area (Å²) >= 11 is 0. The van der Waals surface area contributed by atoms with E-state index in [2.05, 4.69) is 5.32 Å². The van der Waals surface area contributed by atoms with E-state index in [1.807, 2.05) is 13.8 Å². The summed E-state index contributed by atoms with van der Waals surface area (Å²) in [6.07, 6.45) is 0. The van der Waals surface area contributed by atoms with Gasteiger partial charge < -0.3 is 11.1 Å². The highest BCUT2D eigenvalue weighted by Gasteiger charge is 2.17. The molecule has 0 bridgehead atoms. The molecule has 0 aromatic heterocycles. The second-order valence-corrected chi connectivity index (χ2v) is 5.89. The number of anilines is 1. The lowest BCUT2D eigenvalue weighted by molar-refractivity contribution is -0.118. The van der Waals surface area contributed by atoms with Crippen LogP contribution >= 0.6 is 0 Å². The zero-order chi connectivity index (χ0) is 13.9. The molecule has 1 rings (SSSR count). The molecule has 100 valence electrons. The highest BCUT2D eigenvalue weighted by atomic mass is 32.2. The predicted octanol–water partition coefficient (Wildman–Crippen LogP) is 0.256. The summed E-state index contributed by atoms with van der Waals surface area (Å²) in [5, 5.41) is 7.56. The molecule has 0 aliphatic carbocycles. The quantitative estimate of drug-likeness (QED) is 0.728. The molecule has 0 aliphatic heterocycles. The maximum Gasteiger partial charge on any atom is 0.241 e. The van der Waals surface area contributed by atoms with E-state index in [4.69, 9.17) is 10.9 Å².